The molecule has 1 aromatic rings. The van der Waals surface area contributed by atoms with Crippen molar-refractivity contribution in [1.29, 1.82) is 0 Å². The lowest BCUT2D eigenvalue weighted by molar-refractivity contribution is -0.149. The van der Waals surface area contributed by atoms with Gasteiger partial charge in [-0.1, -0.05) is 6.92 Å². The van der Waals surface area contributed by atoms with E-state index in [0.717, 1.165) is 31.4 Å². The van der Waals surface area contributed by atoms with Gasteiger partial charge in [0.2, 0.25) is 0 Å². The zero-order valence-electron chi connectivity index (χ0n) is 13.8. The lowest BCUT2D eigenvalue weighted by atomic mass is 9.76. The Balaban J connectivity index is 2.07. The van der Waals surface area contributed by atoms with Gasteiger partial charge in [-0.3, -0.25) is 9.48 Å². The van der Waals surface area contributed by atoms with Gasteiger partial charge in [0.05, 0.1) is 12.1 Å². The summed E-state index contributed by atoms with van der Waals surface area (Å²) in [5.74, 6) is 0.900. The number of hydrogen-bond donors (Lipinski definition) is 0. The van der Waals surface area contributed by atoms with Crippen molar-refractivity contribution in [2.45, 2.75) is 71.4 Å². The first kappa shape index (κ1) is 16.2. The number of ketones is 1. The van der Waals surface area contributed by atoms with Gasteiger partial charge in [0.25, 0.3) is 0 Å². The average molecular weight is 292 g/mol. The van der Waals surface area contributed by atoms with E-state index in [1.165, 1.54) is 0 Å². The molecule has 1 aliphatic rings. The van der Waals surface area contributed by atoms with Crippen LogP contribution in [0.2, 0.25) is 0 Å². The molecule has 0 N–H and O–H groups in total. The lowest BCUT2D eigenvalue weighted by Crippen LogP contribution is -2.45. The summed E-state index contributed by atoms with van der Waals surface area (Å²) in [6.45, 7) is 9.00. The second-order valence-corrected chi connectivity index (χ2v) is 6.59. The van der Waals surface area contributed by atoms with Crippen LogP contribution in [0.5, 0.6) is 0 Å². The van der Waals surface area contributed by atoms with Gasteiger partial charge in [-0.05, 0) is 58.4 Å². The fraction of sp³-hybridized carbons (Fsp3) is 0.765. The van der Waals surface area contributed by atoms with Crippen LogP contribution < -0.4 is 0 Å². The average Bonchev–Trinajstić information content (AvgIpc) is 2.90. The van der Waals surface area contributed by atoms with Crippen LogP contribution >= 0.6 is 0 Å². The number of rotatable bonds is 6. The van der Waals surface area contributed by atoms with Gasteiger partial charge in [0, 0.05) is 18.8 Å². The molecule has 0 aliphatic heterocycles. The molecule has 0 radical (unpaired) electrons. The highest BCUT2D eigenvalue weighted by atomic mass is 16.5. The van der Waals surface area contributed by atoms with E-state index in [9.17, 15) is 4.79 Å². The van der Waals surface area contributed by atoms with Gasteiger partial charge in [-0.25, -0.2) is 0 Å². The third kappa shape index (κ3) is 3.73. The Morgan fingerprint density at radius 3 is 2.67 bits per heavy atom. The summed E-state index contributed by atoms with van der Waals surface area (Å²) in [6.07, 6.45) is 6.19. The molecule has 4 heteroatoms. The van der Waals surface area contributed by atoms with Gasteiger partial charge in [0.15, 0.2) is 5.78 Å². The molecule has 1 aliphatic carbocycles. The number of nitrogens with zero attached hydrogens (tertiary/aromatic N) is 2. The monoisotopic (exact) mass is 292 g/mol. The quantitative estimate of drug-likeness (QED) is 0.805. The standard InChI is InChI=1S/C17H28N2O2/c1-5-21-17(9-6-14(4)7-10-17)16(20)12-15-8-11-19(18-15)13(2)3/h8,11,13-14H,5-7,9-10,12H2,1-4H3. The summed E-state index contributed by atoms with van der Waals surface area (Å²) in [5, 5.41) is 4.49. The topological polar surface area (TPSA) is 44.1 Å². The maximum absolute atomic E-state index is 12.8. The fourth-order valence-corrected chi connectivity index (χ4v) is 3.09. The number of hydrogen-bond acceptors (Lipinski definition) is 3. The van der Waals surface area contributed by atoms with Gasteiger partial charge in [-0.2, -0.15) is 5.10 Å². The van der Waals surface area contributed by atoms with E-state index in [1.54, 1.807) is 0 Å². The molecule has 21 heavy (non-hydrogen) atoms. The van der Waals surface area contributed by atoms with Crippen LogP contribution in [0, 0.1) is 5.92 Å². The van der Waals surface area contributed by atoms with Crippen LogP contribution in [0.4, 0.5) is 0 Å². The fourth-order valence-electron chi connectivity index (χ4n) is 3.09. The molecule has 0 amide bonds. The van der Waals surface area contributed by atoms with Crippen LogP contribution in [0.1, 0.15) is 65.1 Å². The van der Waals surface area contributed by atoms with Crippen molar-refractivity contribution in [2.24, 2.45) is 5.92 Å². The minimum absolute atomic E-state index is 0.199. The zero-order chi connectivity index (χ0) is 15.5. The molecule has 2 rings (SSSR count). The van der Waals surface area contributed by atoms with E-state index in [1.807, 2.05) is 23.9 Å². The molecule has 0 aromatic carbocycles. The molecule has 0 unspecified atom stereocenters. The smallest absolute Gasteiger partial charge is 0.170 e. The molecule has 1 heterocycles. The van der Waals surface area contributed by atoms with Crippen molar-refractivity contribution in [3.63, 3.8) is 0 Å². The van der Waals surface area contributed by atoms with Crippen molar-refractivity contribution in [3.8, 4) is 0 Å². The summed E-state index contributed by atoms with van der Waals surface area (Å²) >= 11 is 0. The normalized spacial score (nSPS) is 26.2. The Morgan fingerprint density at radius 2 is 2.14 bits per heavy atom. The Hall–Kier alpha value is -1.16. The maximum atomic E-state index is 12.8. The van der Waals surface area contributed by atoms with Crippen LogP contribution in [0.25, 0.3) is 0 Å². The molecule has 1 saturated carbocycles. The highest BCUT2D eigenvalue weighted by Crippen LogP contribution is 2.36. The minimum Gasteiger partial charge on any atom is -0.367 e. The Morgan fingerprint density at radius 1 is 1.48 bits per heavy atom. The van der Waals surface area contributed by atoms with Crippen molar-refractivity contribution in [1.82, 2.24) is 9.78 Å². The van der Waals surface area contributed by atoms with Crippen molar-refractivity contribution in [3.05, 3.63) is 18.0 Å². The SMILES string of the molecule is CCOC1(C(=O)Cc2ccn(C(C)C)n2)CCC(C)CC1. The number of Topliss-reactive ketones (excluding diaryl/α,β-unsaturated/α-hetero) is 1. The first-order chi connectivity index (χ1) is 9.97. The zero-order valence-corrected chi connectivity index (χ0v) is 13.8. The van der Waals surface area contributed by atoms with Crippen LogP contribution in [-0.2, 0) is 16.0 Å². The van der Waals surface area contributed by atoms with E-state index in [4.69, 9.17) is 4.74 Å². The Bertz CT molecular complexity index is 471. The summed E-state index contributed by atoms with van der Waals surface area (Å²) in [5.41, 5.74) is 0.287. The highest BCUT2D eigenvalue weighted by Gasteiger charge is 2.41. The molecule has 0 saturated heterocycles. The van der Waals surface area contributed by atoms with E-state index in [0.29, 0.717) is 25.0 Å². The maximum Gasteiger partial charge on any atom is 0.170 e. The Labute approximate surface area is 127 Å². The molecule has 0 spiro atoms. The van der Waals surface area contributed by atoms with E-state index < -0.39 is 5.60 Å². The molecule has 4 nitrogen and oxygen atoms in total. The molecule has 118 valence electrons. The molecule has 0 bridgehead atoms. The van der Waals surface area contributed by atoms with Crippen molar-refractivity contribution in [2.75, 3.05) is 6.61 Å². The summed E-state index contributed by atoms with van der Waals surface area (Å²) in [6, 6.07) is 2.27. The van der Waals surface area contributed by atoms with Crippen LogP contribution in [0.3, 0.4) is 0 Å². The summed E-state index contributed by atoms with van der Waals surface area (Å²) in [4.78, 5) is 12.8. The predicted molar refractivity (Wildman–Crippen MR) is 83.3 cm³/mol. The van der Waals surface area contributed by atoms with Crippen LogP contribution in [0.15, 0.2) is 12.3 Å². The summed E-state index contributed by atoms with van der Waals surface area (Å²) < 4.78 is 7.82. The van der Waals surface area contributed by atoms with Gasteiger partial charge >= 0.3 is 0 Å². The Kier molecular flexibility index (Phi) is 5.20. The van der Waals surface area contributed by atoms with Crippen LogP contribution in [-0.4, -0.2) is 27.8 Å². The summed E-state index contributed by atoms with van der Waals surface area (Å²) in [7, 11) is 0. The lowest BCUT2D eigenvalue weighted by Gasteiger charge is -2.37. The number of ether oxygens (including phenoxy) is 1. The highest BCUT2D eigenvalue weighted by molar-refractivity contribution is 5.89. The number of carbonyl (C=O) groups is 1. The van der Waals surface area contributed by atoms with Gasteiger partial charge in [0.1, 0.15) is 5.60 Å². The first-order valence-corrected chi connectivity index (χ1v) is 8.18. The minimum atomic E-state index is -0.567. The van der Waals surface area contributed by atoms with E-state index >= 15 is 0 Å². The van der Waals surface area contributed by atoms with Gasteiger partial charge < -0.3 is 4.74 Å². The molecular formula is C17H28N2O2. The second-order valence-electron chi connectivity index (χ2n) is 6.59. The molecule has 1 fully saturated rings. The largest absolute Gasteiger partial charge is 0.367 e. The molecule has 0 atom stereocenters. The second kappa shape index (κ2) is 6.73. The third-order valence-corrected chi connectivity index (χ3v) is 4.55. The van der Waals surface area contributed by atoms with E-state index in [2.05, 4.69) is 25.9 Å². The predicted octanol–water partition coefficient (Wildman–Crippen LogP) is 3.56. The van der Waals surface area contributed by atoms with Crippen molar-refractivity contribution >= 4 is 5.78 Å². The first-order valence-electron chi connectivity index (χ1n) is 8.18. The molecular weight excluding hydrogens is 264 g/mol. The van der Waals surface area contributed by atoms with Crippen molar-refractivity contribution < 1.29 is 9.53 Å². The number of aromatic nitrogens is 2. The van der Waals surface area contributed by atoms with E-state index in [-0.39, 0.29) is 5.78 Å². The number of carbonyl (C=O) groups excluding carboxylic acids is 1. The third-order valence-electron chi connectivity index (χ3n) is 4.55. The van der Waals surface area contributed by atoms with Gasteiger partial charge in [-0.15, -0.1) is 0 Å². The molecule has 1 aromatic heterocycles.